The van der Waals surface area contributed by atoms with Crippen molar-refractivity contribution in [2.24, 2.45) is 0 Å². The Bertz CT molecular complexity index is 1390. The molecule has 0 radical (unpaired) electrons. The van der Waals surface area contributed by atoms with Gasteiger partial charge in [-0.3, -0.25) is 19.2 Å². The lowest BCUT2D eigenvalue weighted by atomic mass is 10.0. The summed E-state index contributed by atoms with van der Waals surface area (Å²) in [5, 5.41) is 0. The SMILES string of the molecule is CCCCCCCC/C=C\CCCCCCCC(=O)OC[C@@H](COC(=O)CCCCCCCCCCCCCCCCC)OC(=O)CCCCCCCCC(CCCCCC)OC(=O)CCCCCCC/C=C\CCCCCCCC. The lowest BCUT2D eigenvalue weighted by Crippen LogP contribution is -2.30. The summed E-state index contributed by atoms with van der Waals surface area (Å²) in [5.74, 6) is -0.961. The first-order valence-corrected chi connectivity index (χ1v) is 35.9. The third-order valence-electron chi connectivity index (χ3n) is 16.3. The van der Waals surface area contributed by atoms with Crippen molar-refractivity contribution in [2.75, 3.05) is 13.2 Å². The molecule has 0 saturated heterocycles. The Morgan fingerprint density at radius 1 is 0.247 bits per heavy atom. The van der Waals surface area contributed by atoms with E-state index in [0.29, 0.717) is 25.7 Å². The van der Waals surface area contributed by atoms with Gasteiger partial charge in [0.25, 0.3) is 0 Å². The number of ether oxygens (including phenoxy) is 4. The smallest absolute Gasteiger partial charge is 0.306 e. The van der Waals surface area contributed by atoms with Crippen LogP contribution in [0.5, 0.6) is 0 Å². The molecule has 0 N–H and O–H groups in total. The molecule has 0 saturated carbocycles. The predicted octanol–water partition coefficient (Wildman–Crippen LogP) is 23.3. The number of unbranched alkanes of at least 4 members (excludes halogenated alkanes) is 44. The highest BCUT2D eigenvalue weighted by molar-refractivity contribution is 5.71. The molecule has 0 amide bonds. The Morgan fingerprint density at radius 3 is 0.741 bits per heavy atom. The van der Waals surface area contributed by atoms with Crippen LogP contribution in [0.25, 0.3) is 0 Å². The average molecular weight is 1140 g/mol. The van der Waals surface area contributed by atoms with E-state index in [2.05, 4.69) is 52.0 Å². The standard InChI is InChI=1S/C73H136O8/c1-5-9-13-17-20-23-26-29-32-35-38-41-44-50-56-62-70(74)78-66-69(67-79-71(75)63-57-51-45-42-39-36-33-30-27-24-21-18-14-10-6-2)81-73(77)65-59-53-48-47-49-55-61-68(60-54-16-12-8-4)80-72(76)64-58-52-46-43-40-37-34-31-28-25-22-19-15-11-7-3/h29,31-32,34,68-69H,5-28,30,33,35-67H2,1-4H3/b32-29-,34-31-/t68?,69-/m0/s1. The summed E-state index contributed by atoms with van der Waals surface area (Å²) in [6.45, 7) is 8.84. The van der Waals surface area contributed by atoms with E-state index in [1.807, 2.05) is 0 Å². The molecule has 0 heterocycles. The van der Waals surface area contributed by atoms with E-state index < -0.39 is 6.10 Å². The number of hydrogen-bond acceptors (Lipinski definition) is 8. The average Bonchev–Trinajstić information content (AvgIpc) is 3.46. The summed E-state index contributed by atoms with van der Waals surface area (Å²) in [7, 11) is 0. The second-order valence-electron chi connectivity index (χ2n) is 24.5. The fourth-order valence-electron chi connectivity index (χ4n) is 10.9. The van der Waals surface area contributed by atoms with Crippen molar-refractivity contribution in [1.82, 2.24) is 0 Å². The summed E-state index contributed by atoms with van der Waals surface area (Å²) in [5.41, 5.74) is 0. The minimum atomic E-state index is -0.813. The van der Waals surface area contributed by atoms with Crippen molar-refractivity contribution in [2.45, 2.75) is 406 Å². The summed E-state index contributed by atoms with van der Waals surface area (Å²) in [6.07, 6.45) is 73.4. The van der Waals surface area contributed by atoms with Gasteiger partial charge in [-0.05, 0) is 103 Å². The number of allylic oxidation sites excluding steroid dienone is 4. The molecule has 0 aliphatic heterocycles. The van der Waals surface area contributed by atoms with E-state index >= 15 is 0 Å². The molecule has 0 rings (SSSR count). The van der Waals surface area contributed by atoms with Crippen molar-refractivity contribution in [1.29, 1.82) is 0 Å². The zero-order chi connectivity index (χ0) is 58.8. The zero-order valence-corrected chi connectivity index (χ0v) is 54.4. The van der Waals surface area contributed by atoms with Gasteiger partial charge in [0.2, 0.25) is 0 Å². The van der Waals surface area contributed by atoms with Gasteiger partial charge < -0.3 is 18.9 Å². The summed E-state index contributed by atoms with van der Waals surface area (Å²) < 4.78 is 23.1. The van der Waals surface area contributed by atoms with E-state index in [9.17, 15) is 19.2 Å². The van der Waals surface area contributed by atoms with E-state index in [1.54, 1.807) is 0 Å². The minimum absolute atomic E-state index is 0.0135. The van der Waals surface area contributed by atoms with Gasteiger partial charge in [0.05, 0.1) is 0 Å². The highest BCUT2D eigenvalue weighted by Crippen LogP contribution is 2.20. The minimum Gasteiger partial charge on any atom is -0.462 e. The molecule has 1 unspecified atom stereocenters. The maximum Gasteiger partial charge on any atom is 0.306 e. The van der Waals surface area contributed by atoms with Crippen LogP contribution < -0.4 is 0 Å². The van der Waals surface area contributed by atoms with Crippen LogP contribution in [0.2, 0.25) is 0 Å². The third-order valence-corrected chi connectivity index (χ3v) is 16.3. The molecular formula is C73H136O8. The van der Waals surface area contributed by atoms with Crippen molar-refractivity contribution in [3.05, 3.63) is 24.3 Å². The van der Waals surface area contributed by atoms with Crippen LogP contribution in [-0.2, 0) is 38.1 Å². The molecule has 0 aliphatic carbocycles. The van der Waals surface area contributed by atoms with Crippen molar-refractivity contribution < 1.29 is 38.1 Å². The molecule has 81 heavy (non-hydrogen) atoms. The first-order chi connectivity index (χ1) is 39.9. The molecule has 0 aromatic carbocycles. The Labute approximate surface area is 503 Å². The van der Waals surface area contributed by atoms with Gasteiger partial charge in [0.1, 0.15) is 19.3 Å². The van der Waals surface area contributed by atoms with Gasteiger partial charge in [-0.25, -0.2) is 0 Å². The number of rotatable bonds is 66. The van der Waals surface area contributed by atoms with Crippen LogP contribution in [-0.4, -0.2) is 49.3 Å². The Morgan fingerprint density at radius 2 is 0.457 bits per heavy atom. The van der Waals surface area contributed by atoms with Crippen LogP contribution in [0.3, 0.4) is 0 Å². The topological polar surface area (TPSA) is 105 Å². The van der Waals surface area contributed by atoms with Crippen molar-refractivity contribution >= 4 is 23.9 Å². The van der Waals surface area contributed by atoms with Crippen LogP contribution in [0, 0.1) is 0 Å². The fraction of sp³-hybridized carbons (Fsp3) is 0.890. The fourth-order valence-corrected chi connectivity index (χ4v) is 10.9. The molecular weight excluding hydrogens is 1000 g/mol. The number of hydrogen-bond donors (Lipinski definition) is 0. The molecule has 0 aromatic heterocycles. The maximum atomic E-state index is 13.1. The highest BCUT2D eigenvalue weighted by atomic mass is 16.6. The van der Waals surface area contributed by atoms with Crippen molar-refractivity contribution in [3.8, 4) is 0 Å². The molecule has 0 aliphatic rings. The Hall–Kier alpha value is -2.64. The monoisotopic (exact) mass is 1140 g/mol. The first-order valence-electron chi connectivity index (χ1n) is 35.9. The molecule has 0 spiro atoms. The quantitative estimate of drug-likeness (QED) is 0.0257. The maximum absolute atomic E-state index is 13.1. The van der Waals surface area contributed by atoms with Crippen molar-refractivity contribution in [3.63, 3.8) is 0 Å². The molecule has 476 valence electrons. The van der Waals surface area contributed by atoms with Crippen LogP contribution in [0.15, 0.2) is 24.3 Å². The van der Waals surface area contributed by atoms with Crippen LogP contribution >= 0.6 is 0 Å². The van der Waals surface area contributed by atoms with Gasteiger partial charge in [0, 0.05) is 25.7 Å². The Kier molecular flexibility index (Phi) is 64.3. The molecule has 0 bridgehead atoms. The van der Waals surface area contributed by atoms with Gasteiger partial charge in [-0.2, -0.15) is 0 Å². The molecule has 0 aromatic rings. The second-order valence-corrected chi connectivity index (χ2v) is 24.5. The zero-order valence-electron chi connectivity index (χ0n) is 54.4. The Balaban J connectivity index is 4.65. The third kappa shape index (κ3) is 63.2. The number of carbonyl (C=O) groups is 4. The summed E-state index contributed by atoms with van der Waals surface area (Å²) >= 11 is 0. The predicted molar refractivity (Wildman–Crippen MR) is 346 cm³/mol. The van der Waals surface area contributed by atoms with Crippen LogP contribution in [0.1, 0.15) is 394 Å². The van der Waals surface area contributed by atoms with E-state index in [4.69, 9.17) is 18.9 Å². The first kappa shape index (κ1) is 78.4. The largest absolute Gasteiger partial charge is 0.462 e. The van der Waals surface area contributed by atoms with Gasteiger partial charge in [0.15, 0.2) is 6.10 Å². The van der Waals surface area contributed by atoms with E-state index in [0.717, 1.165) is 116 Å². The second kappa shape index (κ2) is 66.5. The van der Waals surface area contributed by atoms with Crippen LogP contribution in [0.4, 0.5) is 0 Å². The molecule has 0 fully saturated rings. The van der Waals surface area contributed by atoms with E-state index in [1.165, 1.54) is 218 Å². The number of esters is 4. The lowest BCUT2D eigenvalue weighted by Gasteiger charge is -2.18. The highest BCUT2D eigenvalue weighted by Gasteiger charge is 2.20. The lowest BCUT2D eigenvalue weighted by molar-refractivity contribution is -0.167. The van der Waals surface area contributed by atoms with E-state index in [-0.39, 0.29) is 49.6 Å². The summed E-state index contributed by atoms with van der Waals surface area (Å²) in [4.78, 5) is 51.5. The summed E-state index contributed by atoms with van der Waals surface area (Å²) in [6, 6.07) is 0. The van der Waals surface area contributed by atoms with Gasteiger partial charge in [-0.15, -0.1) is 0 Å². The van der Waals surface area contributed by atoms with Gasteiger partial charge in [-0.1, -0.05) is 290 Å². The normalized spacial score (nSPS) is 12.4. The van der Waals surface area contributed by atoms with Gasteiger partial charge >= 0.3 is 23.9 Å². The molecule has 8 nitrogen and oxygen atoms in total. The molecule has 8 heteroatoms. The number of carbonyl (C=O) groups excluding carboxylic acids is 4. The molecule has 2 atom stereocenters.